The first kappa shape index (κ1) is 17.2. The predicted molar refractivity (Wildman–Crippen MR) is 91.8 cm³/mol. The van der Waals surface area contributed by atoms with Crippen LogP contribution in [0.1, 0.15) is 59.3 Å². The fraction of sp³-hybridized carbons (Fsp3) is 1.00. The minimum absolute atomic E-state index is 0.733. The second-order valence-electron chi connectivity index (χ2n) is 7.20. The van der Waals surface area contributed by atoms with Gasteiger partial charge in [-0.1, -0.05) is 33.1 Å². The van der Waals surface area contributed by atoms with Gasteiger partial charge in [-0.3, -0.25) is 4.90 Å². The molecule has 0 amide bonds. The summed E-state index contributed by atoms with van der Waals surface area (Å²) in [6, 6.07) is 1.50. The fourth-order valence-electron chi connectivity index (χ4n) is 4.24. The molecule has 1 aliphatic carbocycles. The van der Waals surface area contributed by atoms with Gasteiger partial charge in [-0.05, 0) is 45.2 Å². The van der Waals surface area contributed by atoms with Crippen molar-refractivity contribution in [2.24, 2.45) is 5.92 Å². The van der Waals surface area contributed by atoms with Crippen molar-refractivity contribution in [1.82, 2.24) is 15.1 Å². The molecule has 2 aliphatic rings. The summed E-state index contributed by atoms with van der Waals surface area (Å²) < 4.78 is 0. The maximum absolute atomic E-state index is 3.85. The fourth-order valence-corrected chi connectivity index (χ4v) is 4.24. The van der Waals surface area contributed by atoms with E-state index >= 15 is 0 Å². The normalized spacial score (nSPS) is 33.0. The van der Waals surface area contributed by atoms with Crippen LogP contribution in [0.4, 0.5) is 0 Å². The summed E-state index contributed by atoms with van der Waals surface area (Å²) in [6.07, 6.45) is 8.41. The Morgan fingerprint density at radius 1 is 1.05 bits per heavy atom. The van der Waals surface area contributed by atoms with Gasteiger partial charge in [-0.2, -0.15) is 0 Å². The number of rotatable bonds is 6. The minimum Gasteiger partial charge on any atom is -0.314 e. The average molecular weight is 296 g/mol. The molecule has 3 heteroatoms. The van der Waals surface area contributed by atoms with Crippen molar-refractivity contribution < 1.29 is 0 Å². The molecule has 0 aromatic carbocycles. The zero-order valence-corrected chi connectivity index (χ0v) is 14.6. The summed E-state index contributed by atoms with van der Waals surface area (Å²) in [5.74, 6) is 0.874. The molecule has 1 aliphatic heterocycles. The molecule has 1 saturated carbocycles. The van der Waals surface area contributed by atoms with Crippen molar-refractivity contribution in [3.05, 3.63) is 0 Å². The van der Waals surface area contributed by atoms with Crippen LogP contribution in [-0.4, -0.2) is 61.2 Å². The highest BCUT2D eigenvalue weighted by Crippen LogP contribution is 2.25. The van der Waals surface area contributed by atoms with E-state index in [-0.39, 0.29) is 0 Å². The molecule has 0 bridgehead atoms. The number of hydrogen-bond acceptors (Lipinski definition) is 3. The van der Waals surface area contributed by atoms with E-state index < -0.39 is 0 Å². The van der Waals surface area contributed by atoms with Gasteiger partial charge in [-0.25, -0.2) is 0 Å². The van der Waals surface area contributed by atoms with E-state index in [9.17, 15) is 0 Å². The molecule has 0 aromatic heterocycles. The standard InChI is InChI=1S/C18H37N3/c1-4-11-19-18-10-8-6-7-9-17(18)15-20-12-13-21(5-2)16(3)14-20/h16-19H,4-15H2,1-3H3. The average Bonchev–Trinajstić information content (AvgIpc) is 2.71. The van der Waals surface area contributed by atoms with Crippen molar-refractivity contribution >= 4 is 0 Å². The molecule has 0 spiro atoms. The first-order valence-electron chi connectivity index (χ1n) is 9.44. The third-order valence-corrected chi connectivity index (χ3v) is 5.56. The zero-order chi connectivity index (χ0) is 15.1. The van der Waals surface area contributed by atoms with Crippen molar-refractivity contribution in [2.45, 2.75) is 71.4 Å². The molecule has 0 aromatic rings. The Hall–Kier alpha value is -0.120. The van der Waals surface area contributed by atoms with Gasteiger partial charge in [0, 0.05) is 38.3 Å². The first-order chi connectivity index (χ1) is 10.2. The lowest BCUT2D eigenvalue weighted by Gasteiger charge is -2.41. The van der Waals surface area contributed by atoms with Crippen LogP contribution >= 0.6 is 0 Å². The smallest absolute Gasteiger partial charge is 0.0195 e. The summed E-state index contributed by atoms with van der Waals surface area (Å²) in [6.45, 7) is 14.5. The van der Waals surface area contributed by atoms with Crippen molar-refractivity contribution in [1.29, 1.82) is 0 Å². The van der Waals surface area contributed by atoms with Gasteiger partial charge < -0.3 is 10.2 Å². The zero-order valence-electron chi connectivity index (χ0n) is 14.6. The van der Waals surface area contributed by atoms with Crippen molar-refractivity contribution in [2.75, 3.05) is 39.3 Å². The van der Waals surface area contributed by atoms with Gasteiger partial charge in [-0.15, -0.1) is 0 Å². The van der Waals surface area contributed by atoms with E-state index in [0.717, 1.165) is 18.0 Å². The van der Waals surface area contributed by atoms with Crippen LogP contribution in [0.2, 0.25) is 0 Å². The molecule has 2 fully saturated rings. The van der Waals surface area contributed by atoms with Gasteiger partial charge >= 0.3 is 0 Å². The molecule has 0 radical (unpaired) electrons. The summed E-state index contributed by atoms with van der Waals surface area (Å²) in [5.41, 5.74) is 0. The topological polar surface area (TPSA) is 18.5 Å². The minimum atomic E-state index is 0.733. The Kier molecular flexibility index (Phi) is 7.48. The van der Waals surface area contributed by atoms with Crippen LogP contribution in [-0.2, 0) is 0 Å². The molecule has 3 nitrogen and oxygen atoms in total. The third-order valence-electron chi connectivity index (χ3n) is 5.56. The molecular weight excluding hydrogens is 258 g/mol. The predicted octanol–water partition coefficient (Wildman–Crippen LogP) is 2.96. The van der Waals surface area contributed by atoms with Crippen LogP contribution in [0, 0.1) is 5.92 Å². The molecule has 124 valence electrons. The van der Waals surface area contributed by atoms with Gasteiger partial charge in [0.2, 0.25) is 0 Å². The van der Waals surface area contributed by atoms with Crippen LogP contribution in [0.3, 0.4) is 0 Å². The van der Waals surface area contributed by atoms with Crippen molar-refractivity contribution in [3.8, 4) is 0 Å². The highest BCUT2D eigenvalue weighted by atomic mass is 15.3. The number of likely N-dealkylation sites (N-methyl/N-ethyl adjacent to an activating group) is 1. The lowest BCUT2D eigenvalue weighted by molar-refractivity contribution is 0.0706. The molecule has 1 saturated heterocycles. The monoisotopic (exact) mass is 295 g/mol. The van der Waals surface area contributed by atoms with Crippen LogP contribution < -0.4 is 5.32 Å². The van der Waals surface area contributed by atoms with E-state index in [1.165, 1.54) is 77.8 Å². The van der Waals surface area contributed by atoms with E-state index in [1.807, 2.05) is 0 Å². The van der Waals surface area contributed by atoms with Crippen LogP contribution in [0.5, 0.6) is 0 Å². The molecular formula is C18H37N3. The lowest BCUT2D eigenvalue weighted by Crippen LogP contribution is -2.54. The Morgan fingerprint density at radius 3 is 2.57 bits per heavy atom. The molecule has 21 heavy (non-hydrogen) atoms. The number of hydrogen-bond donors (Lipinski definition) is 1. The van der Waals surface area contributed by atoms with Gasteiger partial charge in [0.05, 0.1) is 0 Å². The number of piperazine rings is 1. The second-order valence-corrected chi connectivity index (χ2v) is 7.20. The summed E-state index contributed by atoms with van der Waals surface area (Å²) in [7, 11) is 0. The highest BCUT2D eigenvalue weighted by molar-refractivity contribution is 4.85. The number of nitrogens with zero attached hydrogens (tertiary/aromatic N) is 2. The van der Waals surface area contributed by atoms with Crippen molar-refractivity contribution in [3.63, 3.8) is 0 Å². The molecule has 3 atom stereocenters. The van der Waals surface area contributed by atoms with Crippen LogP contribution in [0.25, 0.3) is 0 Å². The van der Waals surface area contributed by atoms with Gasteiger partial charge in [0.25, 0.3) is 0 Å². The summed E-state index contributed by atoms with van der Waals surface area (Å²) >= 11 is 0. The maximum atomic E-state index is 3.85. The van der Waals surface area contributed by atoms with E-state index in [4.69, 9.17) is 0 Å². The Labute approximate surface area is 132 Å². The first-order valence-corrected chi connectivity index (χ1v) is 9.44. The van der Waals surface area contributed by atoms with Crippen LogP contribution in [0.15, 0.2) is 0 Å². The molecule has 2 rings (SSSR count). The molecule has 1 heterocycles. The summed E-state index contributed by atoms with van der Waals surface area (Å²) in [5, 5.41) is 3.85. The van der Waals surface area contributed by atoms with E-state index in [1.54, 1.807) is 0 Å². The SMILES string of the molecule is CCCNC1CCCCCC1CN1CCN(CC)C(C)C1. The summed E-state index contributed by atoms with van der Waals surface area (Å²) in [4.78, 5) is 5.36. The third kappa shape index (κ3) is 5.22. The Bertz CT molecular complexity index is 282. The molecule has 3 unspecified atom stereocenters. The highest BCUT2D eigenvalue weighted by Gasteiger charge is 2.28. The van der Waals surface area contributed by atoms with Gasteiger partial charge in [0.1, 0.15) is 0 Å². The largest absolute Gasteiger partial charge is 0.314 e. The van der Waals surface area contributed by atoms with Gasteiger partial charge in [0.15, 0.2) is 0 Å². The quantitative estimate of drug-likeness (QED) is 0.760. The Balaban J connectivity index is 1.86. The number of nitrogens with one attached hydrogen (secondary N) is 1. The maximum Gasteiger partial charge on any atom is 0.0195 e. The Morgan fingerprint density at radius 2 is 1.86 bits per heavy atom. The lowest BCUT2D eigenvalue weighted by atomic mass is 9.93. The van der Waals surface area contributed by atoms with E-state index in [0.29, 0.717) is 0 Å². The second kappa shape index (κ2) is 9.12. The molecule has 1 N–H and O–H groups in total. The van der Waals surface area contributed by atoms with E-state index in [2.05, 4.69) is 35.9 Å².